The van der Waals surface area contributed by atoms with Crippen LogP contribution in [0.3, 0.4) is 0 Å². The van der Waals surface area contributed by atoms with Crippen LogP contribution in [0, 0.1) is 17.8 Å². The molecule has 2 aliphatic rings. The lowest BCUT2D eigenvalue weighted by Gasteiger charge is -2.36. The van der Waals surface area contributed by atoms with Crippen molar-refractivity contribution < 1.29 is 0 Å². The van der Waals surface area contributed by atoms with Gasteiger partial charge in [-0.05, 0) is 103 Å². The summed E-state index contributed by atoms with van der Waals surface area (Å²) in [6.45, 7) is 7.72. The van der Waals surface area contributed by atoms with E-state index in [-0.39, 0.29) is 0 Å². The van der Waals surface area contributed by atoms with Crippen LogP contribution in [-0.4, -0.2) is 0 Å². The van der Waals surface area contributed by atoms with Gasteiger partial charge in [-0.3, -0.25) is 0 Å². The second-order valence-corrected chi connectivity index (χ2v) is 9.66. The lowest BCUT2D eigenvalue weighted by molar-refractivity contribution is 0.185. The summed E-state index contributed by atoms with van der Waals surface area (Å²) in [6.07, 6.45) is 18.6. The molecule has 0 N–H and O–H groups in total. The van der Waals surface area contributed by atoms with Crippen LogP contribution >= 0.6 is 0 Å². The molecule has 30 heavy (non-hydrogen) atoms. The quantitative estimate of drug-likeness (QED) is 0.392. The van der Waals surface area contributed by atoms with E-state index in [9.17, 15) is 0 Å². The van der Waals surface area contributed by atoms with Crippen LogP contribution in [0.5, 0.6) is 0 Å². The average molecular weight is 399 g/mol. The largest absolute Gasteiger partial charge is 0.103 e. The van der Waals surface area contributed by atoms with Gasteiger partial charge < -0.3 is 0 Å². The van der Waals surface area contributed by atoms with E-state index in [0.717, 1.165) is 30.6 Å². The Morgan fingerprint density at radius 2 is 1.47 bits per heavy atom. The standard InChI is InChI=1S/C30H38/c1-3-5-7-23-9-13-25(14-10-23)27-17-19-30-22-28(18-20-29(30)21-27)26-15-11-24(12-16-26)8-6-4-2/h3-4,9-10,13-14,17,19,21,24,26,28H,1-2,5-8,11-12,15-16,18,20,22H2. The van der Waals surface area contributed by atoms with Gasteiger partial charge in [0.25, 0.3) is 0 Å². The monoisotopic (exact) mass is 398 g/mol. The predicted molar refractivity (Wildman–Crippen MR) is 131 cm³/mol. The van der Waals surface area contributed by atoms with Crippen molar-refractivity contribution in [2.24, 2.45) is 17.8 Å². The molecule has 0 nitrogen and oxygen atoms in total. The van der Waals surface area contributed by atoms with Crippen LogP contribution in [0.2, 0.25) is 0 Å². The third kappa shape index (κ3) is 5.15. The molecular weight excluding hydrogens is 360 g/mol. The molecule has 2 aromatic rings. The number of fused-ring (bicyclic) bond motifs is 1. The highest BCUT2D eigenvalue weighted by Crippen LogP contribution is 2.41. The van der Waals surface area contributed by atoms with E-state index >= 15 is 0 Å². The molecule has 0 saturated heterocycles. The fourth-order valence-corrected chi connectivity index (χ4v) is 5.80. The van der Waals surface area contributed by atoms with Crippen molar-refractivity contribution in [1.82, 2.24) is 0 Å². The maximum absolute atomic E-state index is 3.89. The number of benzene rings is 2. The molecule has 0 bridgehead atoms. The Kier molecular flexibility index (Phi) is 7.26. The van der Waals surface area contributed by atoms with Crippen molar-refractivity contribution in [1.29, 1.82) is 0 Å². The minimum Gasteiger partial charge on any atom is -0.103 e. The van der Waals surface area contributed by atoms with Crippen molar-refractivity contribution in [3.63, 3.8) is 0 Å². The molecule has 2 aromatic carbocycles. The van der Waals surface area contributed by atoms with Gasteiger partial charge in [0.05, 0.1) is 0 Å². The zero-order chi connectivity index (χ0) is 20.8. The molecule has 0 radical (unpaired) electrons. The van der Waals surface area contributed by atoms with E-state index < -0.39 is 0 Å². The normalized spacial score (nSPS) is 23.5. The van der Waals surface area contributed by atoms with Gasteiger partial charge in [0.15, 0.2) is 0 Å². The number of aryl methyl sites for hydroxylation is 2. The molecule has 158 valence electrons. The Balaban J connectivity index is 1.36. The zero-order valence-corrected chi connectivity index (χ0v) is 18.6. The van der Waals surface area contributed by atoms with E-state index in [0.29, 0.717) is 0 Å². The minimum atomic E-state index is 0.910. The molecular formula is C30H38. The zero-order valence-electron chi connectivity index (χ0n) is 18.6. The van der Waals surface area contributed by atoms with Crippen molar-refractivity contribution in [3.05, 3.63) is 84.5 Å². The van der Waals surface area contributed by atoms with E-state index in [1.54, 1.807) is 11.1 Å². The second-order valence-electron chi connectivity index (χ2n) is 9.66. The van der Waals surface area contributed by atoms with Gasteiger partial charge in [-0.15, -0.1) is 13.2 Å². The average Bonchev–Trinajstić information content (AvgIpc) is 2.81. The number of allylic oxidation sites excluding steroid dienone is 2. The Labute approximate surface area is 184 Å². The molecule has 4 rings (SSSR count). The summed E-state index contributed by atoms with van der Waals surface area (Å²) >= 11 is 0. The van der Waals surface area contributed by atoms with Gasteiger partial charge in [0.2, 0.25) is 0 Å². The molecule has 2 aliphatic carbocycles. The molecule has 1 fully saturated rings. The maximum Gasteiger partial charge on any atom is -0.0181 e. The molecule has 1 atom stereocenters. The fraction of sp³-hybridized carbons (Fsp3) is 0.467. The highest BCUT2D eigenvalue weighted by Gasteiger charge is 2.30. The first kappa shape index (κ1) is 21.2. The SMILES string of the molecule is C=CCCc1ccc(-c2ccc3c(c2)CCC(C2CCC(CCC=C)CC2)C3)cc1. The summed E-state index contributed by atoms with van der Waals surface area (Å²) in [6, 6.07) is 16.4. The first-order valence-electron chi connectivity index (χ1n) is 12.2. The fourth-order valence-electron chi connectivity index (χ4n) is 5.80. The van der Waals surface area contributed by atoms with Crippen molar-refractivity contribution in [3.8, 4) is 11.1 Å². The first-order valence-corrected chi connectivity index (χ1v) is 12.2. The number of hydrogen-bond acceptors (Lipinski definition) is 0. The van der Waals surface area contributed by atoms with Crippen LogP contribution in [0.25, 0.3) is 11.1 Å². The first-order chi connectivity index (χ1) is 14.8. The highest BCUT2D eigenvalue weighted by atomic mass is 14.3. The molecule has 0 heterocycles. The van der Waals surface area contributed by atoms with Crippen LogP contribution in [0.1, 0.15) is 68.1 Å². The van der Waals surface area contributed by atoms with E-state index in [4.69, 9.17) is 0 Å². The summed E-state index contributed by atoms with van der Waals surface area (Å²) in [4.78, 5) is 0. The molecule has 0 aromatic heterocycles. The summed E-state index contributed by atoms with van der Waals surface area (Å²) in [5, 5.41) is 0. The van der Waals surface area contributed by atoms with Gasteiger partial charge in [-0.1, -0.05) is 67.5 Å². The number of rotatable bonds is 8. The van der Waals surface area contributed by atoms with Crippen LogP contribution in [0.15, 0.2) is 67.8 Å². The van der Waals surface area contributed by atoms with E-state index in [1.165, 1.54) is 74.5 Å². The van der Waals surface area contributed by atoms with Gasteiger partial charge in [0, 0.05) is 0 Å². The van der Waals surface area contributed by atoms with Gasteiger partial charge in [-0.2, -0.15) is 0 Å². The molecule has 0 aliphatic heterocycles. The lowest BCUT2D eigenvalue weighted by Crippen LogP contribution is -2.26. The van der Waals surface area contributed by atoms with Crippen LogP contribution in [0.4, 0.5) is 0 Å². The third-order valence-corrected chi connectivity index (χ3v) is 7.73. The second kappa shape index (κ2) is 10.3. The van der Waals surface area contributed by atoms with Crippen LogP contribution < -0.4 is 0 Å². The number of hydrogen-bond donors (Lipinski definition) is 0. The Morgan fingerprint density at radius 3 is 2.20 bits per heavy atom. The molecule has 0 amide bonds. The van der Waals surface area contributed by atoms with Gasteiger partial charge in [-0.25, -0.2) is 0 Å². The lowest BCUT2D eigenvalue weighted by atomic mass is 9.69. The smallest absolute Gasteiger partial charge is 0.0181 e. The Bertz CT molecular complexity index is 833. The van der Waals surface area contributed by atoms with E-state index in [2.05, 4.69) is 61.7 Å². The predicted octanol–water partition coefficient (Wildman–Crippen LogP) is 8.35. The maximum atomic E-state index is 3.89. The molecule has 0 heteroatoms. The van der Waals surface area contributed by atoms with Gasteiger partial charge >= 0.3 is 0 Å². The Morgan fingerprint density at radius 1 is 0.733 bits per heavy atom. The van der Waals surface area contributed by atoms with Gasteiger partial charge in [0.1, 0.15) is 0 Å². The van der Waals surface area contributed by atoms with Crippen LogP contribution in [-0.2, 0) is 19.3 Å². The minimum absolute atomic E-state index is 0.910. The molecule has 1 saturated carbocycles. The van der Waals surface area contributed by atoms with Crippen molar-refractivity contribution in [2.75, 3.05) is 0 Å². The van der Waals surface area contributed by atoms with E-state index in [1.807, 2.05) is 6.08 Å². The third-order valence-electron chi connectivity index (χ3n) is 7.73. The molecule has 1 unspecified atom stereocenters. The summed E-state index contributed by atoms with van der Waals surface area (Å²) < 4.78 is 0. The summed E-state index contributed by atoms with van der Waals surface area (Å²) in [7, 11) is 0. The Hall–Kier alpha value is -2.08. The topological polar surface area (TPSA) is 0 Å². The van der Waals surface area contributed by atoms with Crippen molar-refractivity contribution in [2.45, 2.75) is 70.6 Å². The molecule has 0 spiro atoms. The summed E-state index contributed by atoms with van der Waals surface area (Å²) in [5.74, 6) is 2.83. The highest BCUT2D eigenvalue weighted by molar-refractivity contribution is 5.65. The summed E-state index contributed by atoms with van der Waals surface area (Å²) in [5.41, 5.74) is 7.34. The van der Waals surface area contributed by atoms with Crippen molar-refractivity contribution >= 4 is 0 Å².